The van der Waals surface area contributed by atoms with E-state index in [0.717, 1.165) is 12.1 Å². The van der Waals surface area contributed by atoms with Crippen LogP contribution in [0.5, 0.6) is 0 Å². The smallest absolute Gasteiger partial charge is 0.156 e. The monoisotopic (exact) mass is 203 g/mol. The first-order valence-electron chi connectivity index (χ1n) is 5.09. The standard InChI is InChI=1S/C13H17NO/c1-14(2)11-10-13(15)9-8-12-6-4-3-5-7-12/h3-9H,10-11H2,1-2H3/b9-8-. The van der Waals surface area contributed by atoms with Gasteiger partial charge < -0.3 is 4.90 Å². The molecule has 2 nitrogen and oxygen atoms in total. The molecular formula is C13H17NO. The van der Waals surface area contributed by atoms with Gasteiger partial charge in [0.1, 0.15) is 0 Å². The SMILES string of the molecule is CN(C)CCC(=O)/C=C\c1ccccc1. The van der Waals surface area contributed by atoms with E-state index in [0.29, 0.717) is 6.42 Å². The predicted octanol–water partition coefficient (Wildman–Crippen LogP) is 2.22. The molecule has 0 N–H and O–H groups in total. The van der Waals surface area contributed by atoms with Gasteiger partial charge in [0.25, 0.3) is 0 Å². The molecule has 0 aliphatic heterocycles. The van der Waals surface area contributed by atoms with Crippen molar-refractivity contribution in [1.29, 1.82) is 0 Å². The lowest BCUT2D eigenvalue weighted by Gasteiger charge is -2.06. The van der Waals surface area contributed by atoms with Gasteiger partial charge in [0.05, 0.1) is 0 Å². The van der Waals surface area contributed by atoms with Gasteiger partial charge in [-0.3, -0.25) is 4.79 Å². The molecule has 0 aliphatic rings. The van der Waals surface area contributed by atoms with E-state index in [2.05, 4.69) is 0 Å². The number of rotatable bonds is 5. The third-order valence-corrected chi connectivity index (χ3v) is 2.07. The van der Waals surface area contributed by atoms with Gasteiger partial charge >= 0.3 is 0 Å². The number of allylic oxidation sites excluding steroid dienone is 1. The number of hydrogen-bond donors (Lipinski definition) is 0. The lowest BCUT2D eigenvalue weighted by Crippen LogP contribution is -2.15. The molecule has 0 spiro atoms. The van der Waals surface area contributed by atoms with E-state index >= 15 is 0 Å². The summed E-state index contributed by atoms with van der Waals surface area (Å²) in [5.41, 5.74) is 1.07. The van der Waals surface area contributed by atoms with Gasteiger partial charge in [-0.2, -0.15) is 0 Å². The summed E-state index contributed by atoms with van der Waals surface area (Å²) in [5.74, 6) is 0.174. The Bertz CT molecular complexity index is 328. The summed E-state index contributed by atoms with van der Waals surface area (Å²) in [6.07, 6.45) is 4.09. The second-order valence-electron chi connectivity index (χ2n) is 3.76. The molecule has 15 heavy (non-hydrogen) atoms. The quantitative estimate of drug-likeness (QED) is 0.684. The van der Waals surface area contributed by atoms with Crippen molar-refractivity contribution < 1.29 is 4.79 Å². The first-order valence-corrected chi connectivity index (χ1v) is 5.09. The molecule has 0 amide bonds. The van der Waals surface area contributed by atoms with Crippen molar-refractivity contribution in [1.82, 2.24) is 4.90 Å². The van der Waals surface area contributed by atoms with Crippen molar-refractivity contribution >= 4 is 11.9 Å². The Morgan fingerprint density at radius 1 is 1.27 bits per heavy atom. The number of ketones is 1. The molecule has 0 aromatic heterocycles. The minimum Gasteiger partial charge on any atom is -0.309 e. The normalized spacial score (nSPS) is 11.1. The van der Waals surface area contributed by atoms with Crippen molar-refractivity contribution in [3.8, 4) is 0 Å². The van der Waals surface area contributed by atoms with E-state index in [1.165, 1.54) is 0 Å². The zero-order valence-electron chi connectivity index (χ0n) is 9.31. The summed E-state index contributed by atoms with van der Waals surface area (Å²) in [7, 11) is 3.93. The second-order valence-corrected chi connectivity index (χ2v) is 3.76. The maximum atomic E-state index is 11.4. The molecule has 0 heterocycles. The van der Waals surface area contributed by atoms with Crippen molar-refractivity contribution in [3.05, 3.63) is 42.0 Å². The minimum absolute atomic E-state index is 0.174. The van der Waals surface area contributed by atoms with Crippen LogP contribution in [-0.4, -0.2) is 31.3 Å². The van der Waals surface area contributed by atoms with E-state index in [1.807, 2.05) is 55.4 Å². The van der Waals surface area contributed by atoms with Crippen LogP contribution in [0, 0.1) is 0 Å². The number of nitrogens with zero attached hydrogens (tertiary/aromatic N) is 1. The Morgan fingerprint density at radius 3 is 2.53 bits per heavy atom. The van der Waals surface area contributed by atoms with Crippen LogP contribution in [0.4, 0.5) is 0 Å². The van der Waals surface area contributed by atoms with Crippen LogP contribution in [-0.2, 0) is 4.79 Å². The van der Waals surface area contributed by atoms with Gasteiger partial charge in [0.2, 0.25) is 0 Å². The lowest BCUT2D eigenvalue weighted by molar-refractivity contribution is -0.114. The zero-order valence-corrected chi connectivity index (χ0v) is 9.31. The molecule has 0 aliphatic carbocycles. The molecular weight excluding hydrogens is 186 g/mol. The molecule has 1 rings (SSSR count). The number of benzene rings is 1. The highest BCUT2D eigenvalue weighted by atomic mass is 16.1. The van der Waals surface area contributed by atoms with Gasteiger partial charge in [-0.15, -0.1) is 0 Å². The highest BCUT2D eigenvalue weighted by Crippen LogP contribution is 2.01. The Kier molecular flexibility index (Phi) is 4.78. The molecule has 0 saturated carbocycles. The number of carbonyl (C=O) groups is 1. The van der Waals surface area contributed by atoms with Crippen LogP contribution in [0.3, 0.4) is 0 Å². The topological polar surface area (TPSA) is 20.3 Å². The Morgan fingerprint density at radius 2 is 1.93 bits per heavy atom. The first-order chi connectivity index (χ1) is 7.18. The van der Waals surface area contributed by atoms with E-state index in [4.69, 9.17) is 0 Å². The van der Waals surface area contributed by atoms with Gasteiger partial charge in [0.15, 0.2) is 5.78 Å². The molecule has 80 valence electrons. The van der Waals surface area contributed by atoms with Crippen LogP contribution in [0.15, 0.2) is 36.4 Å². The summed E-state index contributed by atoms with van der Waals surface area (Å²) in [4.78, 5) is 13.4. The molecule has 0 fully saturated rings. The third kappa shape index (κ3) is 5.13. The summed E-state index contributed by atoms with van der Waals surface area (Å²) < 4.78 is 0. The summed E-state index contributed by atoms with van der Waals surface area (Å²) in [5, 5.41) is 0. The van der Waals surface area contributed by atoms with Crippen LogP contribution in [0.2, 0.25) is 0 Å². The average Bonchev–Trinajstić information content (AvgIpc) is 2.25. The number of carbonyl (C=O) groups excluding carboxylic acids is 1. The molecule has 0 radical (unpaired) electrons. The van der Waals surface area contributed by atoms with Crippen molar-refractivity contribution in [2.45, 2.75) is 6.42 Å². The molecule has 1 aromatic carbocycles. The summed E-state index contributed by atoms with van der Waals surface area (Å²) >= 11 is 0. The van der Waals surface area contributed by atoms with Gasteiger partial charge in [-0.05, 0) is 25.7 Å². The van der Waals surface area contributed by atoms with Gasteiger partial charge in [-0.25, -0.2) is 0 Å². The highest BCUT2D eigenvalue weighted by Gasteiger charge is 1.97. The third-order valence-electron chi connectivity index (χ3n) is 2.07. The van der Waals surface area contributed by atoms with Crippen LogP contribution >= 0.6 is 0 Å². The van der Waals surface area contributed by atoms with Crippen molar-refractivity contribution in [2.75, 3.05) is 20.6 Å². The van der Waals surface area contributed by atoms with Crippen molar-refractivity contribution in [2.24, 2.45) is 0 Å². The molecule has 0 saturated heterocycles. The first kappa shape index (κ1) is 11.7. The zero-order chi connectivity index (χ0) is 11.1. The largest absolute Gasteiger partial charge is 0.309 e. The minimum atomic E-state index is 0.174. The average molecular weight is 203 g/mol. The van der Waals surface area contributed by atoms with E-state index in [1.54, 1.807) is 6.08 Å². The van der Waals surface area contributed by atoms with Crippen LogP contribution < -0.4 is 0 Å². The molecule has 1 aromatic rings. The summed E-state index contributed by atoms with van der Waals surface area (Å²) in [6.45, 7) is 0.804. The maximum absolute atomic E-state index is 11.4. The molecule has 0 bridgehead atoms. The summed E-state index contributed by atoms with van der Waals surface area (Å²) in [6, 6.07) is 9.85. The van der Waals surface area contributed by atoms with E-state index < -0.39 is 0 Å². The fourth-order valence-electron chi connectivity index (χ4n) is 1.17. The fraction of sp³-hybridized carbons (Fsp3) is 0.308. The maximum Gasteiger partial charge on any atom is 0.156 e. The highest BCUT2D eigenvalue weighted by molar-refractivity contribution is 5.93. The van der Waals surface area contributed by atoms with E-state index in [9.17, 15) is 4.79 Å². The van der Waals surface area contributed by atoms with Gasteiger partial charge in [0, 0.05) is 13.0 Å². The van der Waals surface area contributed by atoms with E-state index in [-0.39, 0.29) is 5.78 Å². The number of hydrogen-bond acceptors (Lipinski definition) is 2. The Labute approximate surface area is 91.2 Å². The Balaban J connectivity index is 2.41. The van der Waals surface area contributed by atoms with Crippen molar-refractivity contribution in [3.63, 3.8) is 0 Å². The lowest BCUT2D eigenvalue weighted by atomic mass is 10.2. The molecule has 2 heteroatoms. The van der Waals surface area contributed by atoms with Crippen LogP contribution in [0.1, 0.15) is 12.0 Å². The predicted molar refractivity (Wildman–Crippen MR) is 63.7 cm³/mol. The molecule has 0 unspecified atom stereocenters. The second kappa shape index (κ2) is 6.14. The molecule has 0 atom stereocenters. The fourth-order valence-corrected chi connectivity index (χ4v) is 1.17. The van der Waals surface area contributed by atoms with Gasteiger partial charge in [-0.1, -0.05) is 36.4 Å². The van der Waals surface area contributed by atoms with Crippen LogP contribution in [0.25, 0.3) is 6.08 Å². The Hall–Kier alpha value is -1.41.